The van der Waals surface area contributed by atoms with Crippen LogP contribution in [0.4, 0.5) is 0 Å². The van der Waals surface area contributed by atoms with Crippen LogP contribution in [0.3, 0.4) is 0 Å². The van der Waals surface area contributed by atoms with Gasteiger partial charge in [-0.05, 0) is 12.8 Å². The summed E-state index contributed by atoms with van der Waals surface area (Å²) in [7, 11) is -3.95. The number of hydrogen-bond donors (Lipinski definition) is 2. The van der Waals surface area contributed by atoms with Crippen molar-refractivity contribution in [2.75, 3.05) is 0 Å². The van der Waals surface area contributed by atoms with Gasteiger partial charge in [0.2, 0.25) is 0 Å². The molecule has 0 aromatic rings. The normalized spacial score (nSPS) is 11.5. The van der Waals surface area contributed by atoms with Crippen LogP contribution in [-0.2, 0) is 4.57 Å². The van der Waals surface area contributed by atoms with Gasteiger partial charge in [0.15, 0.2) is 0 Å². The van der Waals surface area contributed by atoms with E-state index in [2.05, 4.69) is 13.2 Å². The fourth-order valence-electron chi connectivity index (χ4n) is 0.756. The predicted octanol–water partition coefficient (Wildman–Crippen LogP) is 1.68. The molecule has 0 rings (SSSR count). The summed E-state index contributed by atoms with van der Waals surface area (Å²) < 4.78 is 10.7. The van der Waals surface area contributed by atoms with Crippen LogP contribution in [0, 0.1) is 0 Å². The Kier molecular flexibility index (Phi) is 4.34. The van der Waals surface area contributed by atoms with E-state index >= 15 is 0 Å². The Bertz CT molecular complexity index is 172. The summed E-state index contributed by atoms with van der Waals surface area (Å²) in [4.78, 5) is 17.5. The third kappa shape index (κ3) is 4.14. The molecule has 0 aromatic heterocycles. The fourth-order valence-corrected chi connectivity index (χ4v) is 1.60. The first-order valence-corrected chi connectivity index (χ1v) is 4.97. The first kappa shape index (κ1) is 10.6. The quantitative estimate of drug-likeness (QED) is 0.495. The molecule has 64 valence electrons. The first-order chi connectivity index (χ1) is 5.02. The molecular weight excluding hydrogens is 163 g/mol. The van der Waals surface area contributed by atoms with Gasteiger partial charge in [-0.1, -0.05) is 12.2 Å². The van der Waals surface area contributed by atoms with E-state index in [1.807, 2.05) is 0 Å². The zero-order chi connectivity index (χ0) is 8.91. The second kappa shape index (κ2) is 4.50. The molecule has 0 atom stereocenters. The molecule has 0 aliphatic heterocycles. The first-order valence-electron chi connectivity index (χ1n) is 3.29. The highest BCUT2D eigenvalue weighted by atomic mass is 31.2. The lowest BCUT2D eigenvalue weighted by Crippen LogP contribution is -2.05. The summed E-state index contributed by atoms with van der Waals surface area (Å²) in [6.45, 7) is 6.84. The predicted molar refractivity (Wildman–Crippen MR) is 45.5 cm³/mol. The Morgan fingerprint density at radius 2 is 1.64 bits per heavy atom. The van der Waals surface area contributed by atoms with Gasteiger partial charge in [-0.2, -0.15) is 0 Å². The van der Waals surface area contributed by atoms with Crippen molar-refractivity contribution in [2.45, 2.75) is 18.5 Å². The zero-order valence-corrected chi connectivity index (χ0v) is 7.20. The molecule has 0 saturated heterocycles. The SMILES string of the molecule is C=CCC(CC=C)P(=O)(O)O. The van der Waals surface area contributed by atoms with Crippen molar-refractivity contribution in [3.63, 3.8) is 0 Å². The smallest absolute Gasteiger partial charge is 0.324 e. The van der Waals surface area contributed by atoms with E-state index in [0.717, 1.165) is 0 Å². The lowest BCUT2D eigenvalue weighted by molar-refractivity contribution is 0.357. The number of rotatable bonds is 5. The summed E-state index contributed by atoms with van der Waals surface area (Å²) in [6, 6.07) is 0. The maximum Gasteiger partial charge on any atom is 0.329 e. The van der Waals surface area contributed by atoms with Gasteiger partial charge in [0.05, 0.1) is 5.66 Å². The van der Waals surface area contributed by atoms with E-state index in [4.69, 9.17) is 9.79 Å². The van der Waals surface area contributed by atoms with Crippen LogP contribution in [0.2, 0.25) is 0 Å². The maximum absolute atomic E-state index is 10.7. The molecule has 0 unspecified atom stereocenters. The van der Waals surface area contributed by atoms with Crippen molar-refractivity contribution < 1.29 is 14.4 Å². The molecule has 2 N–H and O–H groups in total. The molecule has 0 spiro atoms. The van der Waals surface area contributed by atoms with Crippen LogP contribution in [0.1, 0.15) is 12.8 Å². The Balaban J connectivity index is 4.20. The number of allylic oxidation sites excluding steroid dienone is 2. The molecule has 3 nitrogen and oxygen atoms in total. The topological polar surface area (TPSA) is 57.5 Å². The third-order valence-electron chi connectivity index (χ3n) is 1.35. The monoisotopic (exact) mass is 176 g/mol. The molecule has 11 heavy (non-hydrogen) atoms. The highest BCUT2D eigenvalue weighted by Gasteiger charge is 2.25. The van der Waals surface area contributed by atoms with Crippen LogP contribution in [-0.4, -0.2) is 15.4 Å². The molecule has 0 fully saturated rings. The molecule has 0 aliphatic rings. The van der Waals surface area contributed by atoms with Crippen LogP contribution in [0.25, 0.3) is 0 Å². The minimum Gasteiger partial charge on any atom is -0.324 e. The van der Waals surface area contributed by atoms with E-state index in [1.54, 1.807) is 0 Å². The Labute approximate surface area is 66.6 Å². The van der Waals surface area contributed by atoms with Crippen LogP contribution < -0.4 is 0 Å². The van der Waals surface area contributed by atoms with Gasteiger partial charge in [0.1, 0.15) is 0 Å². The second-order valence-corrected chi connectivity index (χ2v) is 4.20. The van der Waals surface area contributed by atoms with Gasteiger partial charge in [0, 0.05) is 0 Å². The van der Waals surface area contributed by atoms with Crippen LogP contribution >= 0.6 is 7.60 Å². The standard InChI is InChI=1S/C7H13O3P/c1-3-5-7(6-4-2)11(8,9)10/h3-4,7H,1-2,5-6H2,(H2,8,9,10). The van der Waals surface area contributed by atoms with Gasteiger partial charge in [-0.15, -0.1) is 13.2 Å². The fraction of sp³-hybridized carbons (Fsp3) is 0.429. The molecule has 0 aliphatic carbocycles. The van der Waals surface area contributed by atoms with Gasteiger partial charge < -0.3 is 9.79 Å². The Morgan fingerprint density at radius 3 is 1.82 bits per heavy atom. The third-order valence-corrected chi connectivity index (χ3v) is 2.73. The number of hydrogen-bond acceptors (Lipinski definition) is 1. The average molecular weight is 176 g/mol. The average Bonchev–Trinajstić information content (AvgIpc) is 1.85. The lowest BCUT2D eigenvalue weighted by atomic mass is 10.2. The van der Waals surface area contributed by atoms with E-state index in [-0.39, 0.29) is 0 Å². The highest BCUT2D eigenvalue weighted by Crippen LogP contribution is 2.44. The molecule has 0 amide bonds. The van der Waals surface area contributed by atoms with Crippen molar-refractivity contribution in [2.24, 2.45) is 0 Å². The van der Waals surface area contributed by atoms with Gasteiger partial charge in [-0.3, -0.25) is 4.57 Å². The van der Waals surface area contributed by atoms with E-state index < -0.39 is 13.3 Å². The minimum atomic E-state index is -3.95. The summed E-state index contributed by atoms with van der Waals surface area (Å²) in [5.41, 5.74) is -0.641. The largest absolute Gasteiger partial charge is 0.329 e. The molecule has 4 heteroatoms. The molecule has 0 heterocycles. The van der Waals surface area contributed by atoms with Crippen LogP contribution in [0.5, 0.6) is 0 Å². The second-order valence-electron chi connectivity index (χ2n) is 2.29. The Hall–Kier alpha value is -0.370. The van der Waals surface area contributed by atoms with E-state index in [1.165, 1.54) is 12.2 Å². The van der Waals surface area contributed by atoms with Crippen molar-refractivity contribution in [3.05, 3.63) is 25.3 Å². The molecule has 0 radical (unpaired) electrons. The van der Waals surface area contributed by atoms with E-state index in [0.29, 0.717) is 12.8 Å². The van der Waals surface area contributed by atoms with Crippen LogP contribution in [0.15, 0.2) is 25.3 Å². The van der Waals surface area contributed by atoms with Crippen molar-refractivity contribution >= 4 is 7.60 Å². The molecule has 0 bridgehead atoms. The maximum atomic E-state index is 10.7. The molecular formula is C7H13O3P. The molecule has 0 aromatic carbocycles. The van der Waals surface area contributed by atoms with E-state index in [9.17, 15) is 4.57 Å². The van der Waals surface area contributed by atoms with Gasteiger partial charge >= 0.3 is 7.60 Å². The molecule has 0 saturated carbocycles. The minimum absolute atomic E-state index is 0.330. The summed E-state index contributed by atoms with van der Waals surface area (Å²) in [5, 5.41) is 0. The van der Waals surface area contributed by atoms with Crippen molar-refractivity contribution in [1.29, 1.82) is 0 Å². The van der Waals surface area contributed by atoms with Gasteiger partial charge in [0.25, 0.3) is 0 Å². The van der Waals surface area contributed by atoms with Gasteiger partial charge in [-0.25, -0.2) is 0 Å². The summed E-state index contributed by atoms with van der Waals surface area (Å²) in [5.74, 6) is 0. The zero-order valence-electron chi connectivity index (χ0n) is 6.31. The summed E-state index contributed by atoms with van der Waals surface area (Å²) in [6.07, 6.45) is 3.67. The summed E-state index contributed by atoms with van der Waals surface area (Å²) >= 11 is 0. The van der Waals surface area contributed by atoms with Crippen molar-refractivity contribution in [3.8, 4) is 0 Å². The Morgan fingerprint density at radius 1 is 1.27 bits per heavy atom. The van der Waals surface area contributed by atoms with Crippen molar-refractivity contribution in [1.82, 2.24) is 0 Å². The highest BCUT2D eigenvalue weighted by molar-refractivity contribution is 7.52. The lowest BCUT2D eigenvalue weighted by Gasteiger charge is -2.13.